The fraction of sp³-hybridized carbons (Fsp3) is 1.00. The molecule has 0 N–H and O–H groups in total. The van der Waals surface area contributed by atoms with Crippen LogP contribution in [0, 0.1) is 5.41 Å². The first kappa shape index (κ1) is 8.41. The molecule has 60 valence electrons. The van der Waals surface area contributed by atoms with E-state index < -0.39 is 0 Å². The standard InChI is InChI=1S/C8H17NS/c1-8(2)6-9(3)4-5-10-7-8/h4-7H2,1-3H3. The highest BCUT2D eigenvalue weighted by Crippen LogP contribution is 2.25. The summed E-state index contributed by atoms with van der Waals surface area (Å²) in [4.78, 5) is 2.43. The van der Waals surface area contributed by atoms with Crippen molar-refractivity contribution in [1.29, 1.82) is 0 Å². The topological polar surface area (TPSA) is 3.24 Å². The molecule has 1 nitrogen and oxygen atoms in total. The molecule has 0 radical (unpaired) electrons. The van der Waals surface area contributed by atoms with Gasteiger partial charge in [-0.1, -0.05) is 13.8 Å². The van der Waals surface area contributed by atoms with E-state index in [0.29, 0.717) is 5.41 Å². The molecule has 1 aliphatic rings. The summed E-state index contributed by atoms with van der Waals surface area (Å²) in [5, 5.41) is 0. The van der Waals surface area contributed by atoms with Gasteiger partial charge in [-0.25, -0.2) is 0 Å². The van der Waals surface area contributed by atoms with E-state index in [4.69, 9.17) is 0 Å². The molecule has 2 heteroatoms. The van der Waals surface area contributed by atoms with Crippen LogP contribution in [0.5, 0.6) is 0 Å². The first-order valence-corrected chi connectivity index (χ1v) is 5.02. The van der Waals surface area contributed by atoms with Gasteiger partial charge in [-0.15, -0.1) is 0 Å². The Hall–Kier alpha value is 0.310. The molecule has 0 unspecified atom stereocenters. The predicted molar refractivity (Wildman–Crippen MR) is 48.6 cm³/mol. The molecule has 0 bridgehead atoms. The summed E-state index contributed by atoms with van der Waals surface area (Å²) in [6.07, 6.45) is 0. The van der Waals surface area contributed by atoms with E-state index in [9.17, 15) is 0 Å². The zero-order chi connectivity index (χ0) is 7.61. The maximum absolute atomic E-state index is 2.43. The minimum Gasteiger partial charge on any atom is -0.305 e. The average Bonchev–Trinajstić information content (AvgIpc) is 1.90. The fourth-order valence-electron chi connectivity index (χ4n) is 1.42. The lowest BCUT2D eigenvalue weighted by atomic mass is 9.96. The maximum Gasteiger partial charge on any atom is 0.00695 e. The average molecular weight is 159 g/mol. The van der Waals surface area contributed by atoms with Crippen LogP contribution in [-0.4, -0.2) is 36.5 Å². The van der Waals surface area contributed by atoms with Crippen molar-refractivity contribution in [2.75, 3.05) is 31.6 Å². The van der Waals surface area contributed by atoms with E-state index in [1.165, 1.54) is 24.6 Å². The molecule has 1 fully saturated rings. The molecule has 0 amide bonds. The summed E-state index contributed by atoms with van der Waals surface area (Å²) in [6.45, 7) is 7.21. The lowest BCUT2D eigenvalue weighted by Gasteiger charge is -2.25. The van der Waals surface area contributed by atoms with Crippen LogP contribution in [0.1, 0.15) is 13.8 Å². The third kappa shape index (κ3) is 2.51. The molecule has 0 spiro atoms. The van der Waals surface area contributed by atoms with Crippen molar-refractivity contribution >= 4 is 11.8 Å². The molecule has 0 aromatic heterocycles. The quantitative estimate of drug-likeness (QED) is 0.529. The first-order chi connectivity index (χ1) is 4.60. The van der Waals surface area contributed by atoms with Gasteiger partial charge in [0.1, 0.15) is 0 Å². The van der Waals surface area contributed by atoms with Crippen molar-refractivity contribution in [3.63, 3.8) is 0 Å². The molecule has 0 aromatic rings. The Balaban J connectivity index is 2.46. The predicted octanol–water partition coefficient (Wildman–Crippen LogP) is 1.69. The van der Waals surface area contributed by atoms with Gasteiger partial charge >= 0.3 is 0 Å². The van der Waals surface area contributed by atoms with Crippen molar-refractivity contribution in [3.05, 3.63) is 0 Å². The number of hydrogen-bond donors (Lipinski definition) is 0. The molecular formula is C8H17NS. The normalized spacial score (nSPS) is 27.9. The van der Waals surface area contributed by atoms with Gasteiger partial charge in [0.2, 0.25) is 0 Å². The third-order valence-corrected chi connectivity index (χ3v) is 3.26. The van der Waals surface area contributed by atoms with Crippen LogP contribution < -0.4 is 0 Å². The summed E-state index contributed by atoms with van der Waals surface area (Å²) >= 11 is 2.08. The number of hydrogen-bond acceptors (Lipinski definition) is 2. The summed E-state index contributed by atoms with van der Waals surface area (Å²) in [6, 6.07) is 0. The van der Waals surface area contributed by atoms with E-state index in [1.807, 2.05) is 0 Å². The van der Waals surface area contributed by atoms with E-state index in [-0.39, 0.29) is 0 Å². The van der Waals surface area contributed by atoms with Gasteiger partial charge in [-0.05, 0) is 18.2 Å². The Labute approximate surface area is 68.2 Å². The second-order valence-corrected chi connectivity index (χ2v) is 5.06. The van der Waals surface area contributed by atoms with Crippen molar-refractivity contribution < 1.29 is 0 Å². The smallest absolute Gasteiger partial charge is 0.00695 e. The highest BCUT2D eigenvalue weighted by atomic mass is 32.2. The van der Waals surface area contributed by atoms with Crippen molar-refractivity contribution in [1.82, 2.24) is 4.90 Å². The Morgan fingerprint density at radius 1 is 1.40 bits per heavy atom. The van der Waals surface area contributed by atoms with Gasteiger partial charge in [-0.2, -0.15) is 11.8 Å². The lowest BCUT2D eigenvalue weighted by Crippen LogP contribution is -2.31. The molecular weight excluding hydrogens is 142 g/mol. The van der Waals surface area contributed by atoms with E-state index in [0.717, 1.165) is 0 Å². The van der Waals surface area contributed by atoms with Crippen molar-refractivity contribution in [2.45, 2.75) is 13.8 Å². The molecule has 10 heavy (non-hydrogen) atoms. The Kier molecular flexibility index (Phi) is 2.64. The number of thioether (sulfide) groups is 1. The second-order valence-electron chi connectivity index (χ2n) is 3.95. The van der Waals surface area contributed by atoms with E-state index >= 15 is 0 Å². The highest BCUT2D eigenvalue weighted by Gasteiger charge is 2.22. The summed E-state index contributed by atoms with van der Waals surface area (Å²) < 4.78 is 0. The van der Waals surface area contributed by atoms with Crippen LogP contribution in [0.4, 0.5) is 0 Å². The summed E-state index contributed by atoms with van der Waals surface area (Å²) in [5.74, 6) is 2.62. The Morgan fingerprint density at radius 2 is 2.10 bits per heavy atom. The summed E-state index contributed by atoms with van der Waals surface area (Å²) in [5.41, 5.74) is 0.524. The van der Waals surface area contributed by atoms with Crippen LogP contribution in [0.2, 0.25) is 0 Å². The van der Waals surface area contributed by atoms with Crippen LogP contribution in [-0.2, 0) is 0 Å². The van der Waals surface area contributed by atoms with Gasteiger partial charge in [-0.3, -0.25) is 0 Å². The molecule has 1 heterocycles. The summed E-state index contributed by atoms with van der Waals surface area (Å²) in [7, 11) is 2.22. The molecule has 0 aromatic carbocycles. The molecule has 1 aliphatic heterocycles. The van der Waals surface area contributed by atoms with Crippen LogP contribution in [0.3, 0.4) is 0 Å². The first-order valence-electron chi connectivity index (χ1n) is 3.86. The Bertz CT molecular complexity index is 112. The van der Waals surface area contributed by atoms with Crippen LogP contribution >= 0.6 is 11.8 Å². The van der Waals surface area contributed by atoms with Gasteiger partial charge in [0.25, 0.3) is 0 Å². The van der Waals surface area contributed by atoms with Gasteiger partial charge < -0.3 is 4.90 Å². The van der Waals surface area contributed by atoms with E-state index in [2.05, 4.69) is 37.6 Å². The lowest BCUT2D eigenvalue weighted by molar-refractivity contribution is 0.248. The van der Waals surface area contributed by atoms with Crippen molar-refractivity contribution in [2.24, 2.45) is 5.41 Å². The largest absolute Gasteiger partial charge is 0.305 e. The Morgan fingerprint density at radius 3 is 2.80 bits per heavy atom. The van der Waals surface area contributed by atoms with Crippen LogP contribution in [0.15, 0.2) is 0 Å². The third-order valence-electron chi connectivity index (χ3n) is 1.81. The van der Waals surface area contributed by atoms with Gasteiger partial charge in [0.15, 0.2) is 0 Å². The maximum atomic E-state index is 2.43. The second kappa shape index (κ2) is 3.14. The van der Waals surface area contributed by atoms with E-state index in [1.54, 1.807) is 0 Å². The zero-order valence-corrected chi connectivity index (χ0v) is 8.00. The zero-order valence-electron chi connectivity index (χ0n) is 7.18. The van der Waals surface area contributed by atoms with Gasteiger partial charge in [0, 0.05) is 18.8 Å². The minimum absolute atomic E-state index is 0.524. The van der Waals surface area contributed by atoms with Crippen LogP contribution in [0.25, 0.3) is 0 Å². The molecule has 1 saturated heterocycles. The monoisotopic (exact) mass is 159 g/mol. The number of rotatable bonds is 0. The minimum atomic E-state index is 0.524. The van der Waals surface area contributed by atoms with Crippen molar-refractivity contribution in [3.8, 4) is 0 Å². The molecule has 0 aliphatic carbocycles. The SMILES string of the molecule is CN1CCSCC(C)(C)C1. The number of nitrogens with zero attached hydrogens (tertiary/aromatic N) is 1. The fourth-order valence-corrected chi connectivity index (χ4v) is 2.65. The molecule has 0 atom stereocenters. The highest BCUT2D eigenvalue weighted by molar-refractivity contribution is 7.99. The molecule has 0 saturated carbocycles. The molecule has 1 rings (SSSR count). The van der Waals surface area contributed by atoms with Gasteiger partial charge in [0.05, 0.1) is 0 Å².